The van der Waals surface area contributed by atoms with Crippen LogP contribution in [0.2, 0.25) is 0 Å². The van der Waals surface area contributed by atoms with Crippen LogP contribution in [-0.2, 0) is 16.1 Å². The van der Waals surface area contributed by atoms with Crippen LogP contribution >= 0.6 is 0 Å². The number of amides is 1. The summed E-state index contributed by atoms with van der Waals surface area (Å²) >= 11 is 0. The van der Waals surface area contributed by atoms with Crippen molar-refractivity contribution in [2.75, 3.05) is 26.3 Å². The molecule has 0 saturated carbocycles. The SMILES string of the molecule is O=C(c1ccco1)N1CC[C@@H]2OCCC[C@@]2(COCc2ccncc2)C1. The lowest BCUT2D eigenvalue weighted by Crippen LogP contribution is -2.58. The zero-order valence-electron chi connectivity index (χ0n) is 14.8. The van der Waals surface area contributed by atoms with E-state index >= 15 is 0 Å². The molecule has 0 bridgehead atoms. The number of hydrogen-bond acceptors (Lipinski definition) is 5. The quantitative estimate of drug-likeness (QED) is 0.824. The van der Waals surface area contributed by atoms with E-state index in [9.17, 15) is 4.79 Å². The smallest absolute Gasteiger partial charge is 0.289 e. The lowest BCUT2D eigenvalue weighted by molar-refractivity contribution is -0.149. The number of aromatic nitrogens is 1. The number of carbonyl (C=O) groups is 1. The van der Waals surface area contributed by atoms with Crippen molar-refractivity contribution < 1.29 is 18.7 Å². The fraction of sp³-hybridized carbons (Fsp3) is 0.500. The number of nitrogens with zero attached hydrogens (tertiary/aromatic N) is 2. The van der Waals surface area contributed by atoms with Gasteiger partial charge in [-0.15, -0.1) is 0 Å². The van der Waals surface area contributed by atoms with Crippen molar-refractivity contribution in [3.63, 3.8) is 0 Å². The van der Waals surface area contributed by atoms with Gasteiger partial charge < -0.3 is 18.8 Å². The molecule has 0 aromatic carbocycles. The predicted molar refractivity (Wildman–Crippen MR) is 94.5 cm³/mol. The molecule has 2 fully saturated rings. The number of pyridine rings is 1. The minimum atomic E-state index is -0.147. The normalized spacial score (nSPS) is 25.7. The summed E-state index contributed by atoms with van der Waals surface area (Å²) in [4.78, 5) is 18.6. The molecule has 2 aliphatic rings. The molecule has 0 radical (unpaired) electrons. The lowest BCUT2D eigenvalue weighted by atomic mass is 9.73. The third kappa shape index (κ3) is 3.52. The molecule has 0 aliphatic carbocycles. The van der Waals surface area contributed by atoms with Gasteiger partial charge >= 0.3 is 0 Å². The molecule has 0 spiro atoms. The van der Waals surface area contributed by atoms with Crippen molar-refractivity contribution in [1.82, 2.24) is 9.88 Å². The fourth-order valence-corrected chi connectivity index (χ4v) is 4.08. The van der Waals surface area contributed by atoms with Gasteiger partial charge in [0, 0.05) is 37.5 Å². The third-order valence-electron chi connectivity index (χ3n) is 5.41. The molecule has 138 valence electrons. The second-order valence-electron chi connectivity index (χ2n) is 7.17. The van der Waals surface area contributed by atoms with E-state index in [2.05, 4.69) is 4.98 Å². The molecule has 2 aromatic heterocycles. The third-order valence-corrected chi connectivity index (χ3v) is 5.41. The lowest BCUT2D eigenvalue weighted by Gasteiger charge is -2.50. The molecule has 4 heterocycles. The molecule has 26 heavy (non-hydrogen) atoms. The number of ether oxygens (including phenoxy) is 2. The van der Waals surface area contributed by atoms with E-state index in [1.807, 2.05) is 17.0 Å². The van der Waals surface area contributed by atoms with Crippen molar-refractivity contribution in [2.24, 2.45) is 5.41 Å². The number of furan rings is 1. The van der Waals surface area contributed by atoms with Crippen LogP contribution in [0, 0.1) is 5.41 Å². The van der Waals surface area contributed by atoms with E-state index in [-0.39, 0.29) is 17.4 Å². The van der Waals surface area contributed by atoms with Gasteiger partial charge in [-0.2, -0.15) is 0 Å². The monoisotopic (exact) mass is 356 g/mol. The van der Waals surface area contributed by atoms with Crippen LogP contribution in [0.25, 0.3) is 0 Å². The number of likely N-dealkylation sites (tertiary alicyclic amines) is 1. The second kappa shape index (κ2) is 7.60. The summed E-state index contributed by atoms with van der Waals surface area (Å²) in [6.07, 6.45) is 8.08. The molecule has 2 atom stereocenters. The summed E-state index contributed by atoms with van der Waals surface area (Å²) in [5, 5.41) is 0. The minimum Gasteiger partial charge on any atom is -0.459 e. The highest BCUT2D eigenvalue weighted by Gasteiger charge is 2.47. The second-order valence-corrected chi connectivity index (χ2v) is 7.17. The van der Waals surface area contributed by atoms with Crippen molar-refractivity contribution in [3.8, 4) is 0 Å². The average molecular weight is 356 g/mol. The van der Waals surface area contributed by atoms with E-state index in [4.69, 9.17) is 13.9 Å². The molecule has 0 unspecified atom stereocenters. The van der Waals surface area contributed by atoms with Crippen LogP contribution in [-0.4, -0.2) is 48.2 Å². The molecule has 2 saturated heterocycles. The van der Waals surface area contributed by atoms with Gasteiger partial charge in [-0.1, -0.05) is 0 Å². The van der Waals surface area contributed by atoms with E-state index < -0.39 is 0 Å². The number of rotatable bonds is 5. The summed E-state index contributed by atoms with van der Waals surface area (Å²) in [6.45, 7) is 3.26. The summed E-state index contributed by atoms with van der Waals surface area (Å²) in [5.74, 6) is 0.348. The van der Waals surface area contributed by atoms with Crippen LogP contribution in [0.5, 0.6) is 0 Å². The maximum absolute atomic E-state index is 12.7. The van der Waals surface area contributed by atoms with Crippen molar-refractivity contribution >= 4 is 5.91 Å². The highest BCUT2D eigenvalue weighted by molar-refractivity contribution is 5.91. The van der Waals surface area contributed by atoms with Gasteiger partial charge in [-0.05, 0) is 49.1 Å². The molecule has 2 aliphatic heterocycles. The van der Waals surface area contributed by atoms with Gasteiger partial charge in [-0.25, -0.2) is 0 Å². The van der Waals surface area contributed by atoms with E-state index in [0.717, 1.165) is 31.4 Å². The van der Waals surface area contributed by atoms with Gasteiger partial charge in [0.1, 0.15) is 0 Å². The van der Waals surface area contributed by atoms with Gasteiger partial charge in [0.25, 0.3) is 5.91 Å². The summed E-state index contributed by atoms with van der Waals surface area (Å²) in [5.41, 5.74) is 0.954. The molecule has 0 N–H and O–H groups in total. The maximum Gasteiger partial charge on any atom is 0.289 e. The van der Waals surface area contributed by atoms with Crippen LogP contribution in [0.4, 0.5) is 0 Å². The van der Waals surface area contributed by atoms with Crippen LogP contribution in [0.15, 0.2) is 47.3 Å². The minimum absolute atomic E-state index is 0.0486. The first-order chi connectivity index (χ1) is 12.8. The Morgan fingerprint density at radius 3 is 3.04 bits per heavy atom. The van der Waals surface area contributed by atoms with Crippen molar-refractivity contribution in [2.45, 2.75) is 32.0 Å². The molecular weight excluding hydrogens is 332 g/mol. The van der Waals surface area contributed by atoms with Gasteiger partial charge in [0.05, 0.1) is 25.6 Å². The summed E-state index contributed by atoms with van der Waals surface area (Å²) < 4.78 is 17.4. The van der Waals surface area contributed by atoms with Crippen LogP contribution in [0.1, 0.15) is 35.4 Å². The largest absolute Gasteiger partial charge is 0.459 e. The Morgan fingerprint density at radius 2 is 2.23 bits per heavy atom. The van der Waals surface area contributed by atoms with Gasteiger partial charge in [0.2, 0.25) is 0 Å². The highest BCUT2D eigenvalue weighted by Crippen LogP contribution is 2.41. The Morgan fingerprint density at radius 1 is 1.35 bits per heavy atom. The molecule has 2 aromatic rings. The molecule has 4 rings (SSSR count). The first kappa shape index (κ1) is 17.2. The molecule has 1 amide bonds. The Balaban J connectivity index is 1.45. The van der Waals surface area contributed by atoms with Crippen LogP contribution < -0.4 is 0 Å². The average Bonchev–Trinajstić information content (AvgIpc) is 3.22. The summed E-state index contributed by atoms with van der Waals surface area (Å²) in [7, 11) is 0. The first-order valence-electron chi connectivity index (χ1n) is 9.18. The van der Waals surface area contributed by atoms with Gasteiger partial charge in [-0.3, -0.25) is 9.78 Å². The van der Waals surface area contributed by atoms with Crippen molar-refractivity contribution in [3.05, 3.63) is 54.2 Å². The van der Waals surface area contributed by atoms with E-state index in [1.165, 1.54) is 6.26 Å². The fourth-order valence-electron chi connectivity index (χ4n) is 4.08. The topological polar surface area (TPSA) is 64.8 Å². The molecular formula is C20H24N2O4. The molecule has 6 heteroatoms. The standard InChI is InChI=1S/C20H24N2O4/c23-19(17-3-1-11-25-17)22-10-6-18-20(14-22,7-2-12-26-18)15-24-13-16-4-8-21-9-5-16/h1,3-5,8-9,11,18H,2,6-7,10,12-15H2/t18-,20-/m0/s1. The highest BCUT2D eigenvalue weighted by atomic mass is 16.5. The van der Waals surface area contributed by atoms with Gasteiger partial charge in [0.15, 0.2) is 5.76 Å². The summed E-state index contributed by atoms with van der Waals surface area (Å²) in [6, 6.07) is 7.38. The zero-order chi connectivity index (χ0) is 17.8. The van der Waals surface area contributed by atoms with E-state index in [1.54, 1.807) is 24.5 Å². The number of fused-ring (bicyclic) bond motifs is 1. The first-order valence-corrected chi connectivity index (χ1v) is 9.18. The van der Waals surface area contributed by atoms with E-state index in [0.29, 0.717) is 32.1 Å². The Hall–Kier alpha value is -2.18. The van der Waals surface area contributed by atoms with Crippen LogP contribution in [0.3, 0.4) is 0 Å². The number of hydrogen-bond donors (Lipinski definition) is 0. The maximum atomic E-state index is 12.7. The Kier molecular flexibility index (Phi) is 5.04. The Bertz CT molecular complexity index is 719. The predicted octanol–water partition coefficient (Wildman–Crippen LogP) is 2.90. The van der Waals surface area contributed by atoms with Crippen molar-refractivity contribution in [1.29, 1.82) is 0 Å². The number of carbonyl (C=O) groups excluding carboxylic acids is 1. The number of piperidine rings is 1. The molecule has 6 nitrogen and oxygen atoms in total. The zero-order valence-corrected chi connectivity index (χ0v) is 14.8. The Labute approximate surface area is 153 Å².